The number of ether oxygens (including phenoxy) is 1. The van der Waals surface area contributed by atoms with Gasteiger partial charge in [0.2, 0.25) is 0 Å². The van der Waals surface area contributed by atoms with Crippen molar-refractivity contribution < 1.29 is 9.15 Å². The highest BCUT2D eigenvalue weighted by Crippen LogP contribution is 2.62. The summed E-state index contributed by atoms with van der Waals surface area (Å²) in [5.41, 5.74) is 13.9. The molecule has 11 aromatic rings. The van der Waals surface area contributed by atoms with Gasteiger partial charge in [-0.2, -0.15) is 0 Å². The molecular weight excluding hydrogens is 785 g/mol. The third-order valence-electron chi connectivity index (χ3n) is 12.8. The molecule has 6 nitrogen and oxygen atoms in total. The number of rotatable bonds is 6. The second-order valence-electron chi connectivity index (χ2n) is 16.3. The zero-order valence-electron chi connectivity index (χ0n) is 34.4. The molecule has 64 heavy (non-hydrogen) atoms. The molecule has 2 aliphatic rings. The van der Waals surface area contributed by atoms with E-state index in [2.05, 4.69) is 150 Å². The molecular formula is C58H36N4O2. The summed E-state index contributed by atoms with van der Waals surface area (Å²) < 4.78 is 13.7. The average Bonchev–Trinajstić information content (AvgIpc) is 3.89. The van der Waals surface area contributed by atoms with Gasteiger partial charge < -0.3 is 14.1 Å². The second-order valence-corrected chi connectivity index (χ2v) is 16.3. The van der Waals surface area contributed by atoms with Crippen LogP contribution in [0.4, 0.5) is 17.1 Å². The molecule has 0 amide bonds. The Kier molecular flexibility index (Phi) is 8.02. The first-order valence-corrected chi connectivity index (χ1v) is 21.5. The van der Waals surface area contributed by atoms with Crippen LogP contribution < -0.4 is 9.64 Å². The molecule has 300 valence electrons. The first-order chi connectivity index (χ1) is 31.7. The molecule has 1 spiro atoms. The molecule has 13 rings (SSSR count). The van der Waals surface area contributed by atoms with Gasteiger partial charge in [0.15, 0.2) is 17.5 Å². The second kappa shape index (κ2) is 14.2. The monoisotopic (exact) mass is 820 g/mol. The van der Waals surface area contributed by atoms with Crippen LogP contribution in [0.1, 0.15) is 22.3 Å². The van der Waals surface area contributed by atoms with E-state index in [9.17, 15) is 0 Å². The Morgan fingerprint density at radius 1 is 0.375 bits per heavy atom. The Balaban J connectivity index is 0.980. The molecule has 0 N–H and O–H groups in total. The molecule has 2 aromatic heterocycles. The fraction of sp³-hybridized carbons (Fsp3) is 0.0172. The molecule has 1 aliphatic heterocycles. The summed E-state index contributed by atoms with van der Waals surface area (Å²) in [5.74, 6) is 3.47. The van der Waals surface area contributed by atoms with Gasteiger partial charge in [-0.15, -0.1) is 0 Å². The standard InChI is InChI=1S/C58H36N4O2/c1-4-17-37(18-5-1)55-59-56(38-19-6-2-7-20-38)61-57(60-55)39-31-33-44-52(35-39)64-51-30-16-28-49(54(44)51)62(40-21-8-3-9-22-40)41-32-34-48-53(36-41)63-50-29-15-14-27-47(50)58(48)45-25-12-10-23-42(45)43-24-11-13-26-46(43)58/h1-36H. The van der Waals surface area contributed by atoms with Crippen molar-refractivity contribution in [1.29, 1.82) is 0 Å². The van der Waals surface area contributed by atoms with E-state index in [0.717, 1.165) is 78.3 Å². The molecule has 0 saturated carbocycles. The maximum Gasteiger partial charge on any atom is 0.164 e. The molecule has 0 bridgehead atoms. The van der Waals surface area contributed by atoms with Gasteiger partial charge >= 0.3 is 0 Å². The SMILES string of the molecule is c1ccc(-c2nc(-c3ccccc3)nc(-c3ccc4c(c3)oc3cccc(N(c5ccccc5)c5ccc6c(c5)Oc5ccccc5C65c6ccccc6-c6ccccc65)c34)n2)cc1. The number of hydrogen-bond acceptors (Lipinski definition) is 6. The predicted octanol–water partition coefficient (Wildman–Crippen LogP) is 14.7. The number of para-hydroxylation sites is 2. The Hall–Kier alpha value is -8.61. The van der Waals surface area contributed by atoms with Gasteiger partial charge in [0, 0.05) is 50.6 Å². The maximum absolute atomic E-state index is 6.97. The minimum absolute atomic E-state index is 0.547. The summed E-state index contributed by atoms with van der Waals surface area (Å²) in [7, 11) is 0. The molecule has 9 aromatic carbocycles. The third kappa shape index (κ3) is 5.42. The summed E-state index contributed by atoms with van der Waals surface area (Å²) in [6, 6.07) is 76.0. The van der Waals surface area contributed by atoms with E-state index in [4.69, 9.17) is 24.1 Å². The van der Waals surface area contributed by atoms with Crippen molar-refractivity contribution in [1.82, 2.24) is 15.0 Å². The number of aromatic nitrogens is 3. The predicted molar refractivity (Wildman–Crippen MR) is 255 cm³/mol. The molecule has 0 unspecified atom stereocenters. The van der Waals surface area contributed by atoms with Crippen molar-refractivity contribution >= 4 is 39.0 Å². The van der Waals surface area contributed by atoms with E-state index >= 15 is 0 Å². The van der Waals surface area contributed by atoms with E-state index in [1.807, 2.05) is 72.8 Å². The van der Waals surface area contributed by atoms with Gasteiger partial charge in [-0.1, -0.05) is 164 Å². The fourth-order valence-corrected chi connectivity index (χ4v) is 10.1. The van der Waals surface area contributed by atoms with Gasteiger partial charge in [0.05, 0.1) is 16.5 Å². The smallest absolute Gasteiger partial charge is 0.164 e. The van der Waals surface area contributed by atoms with Crippen molar-refractivity contribution in [2.24, 2.45) is 0 Å². The molecule has 6 heteroatoms. The van der Waals surface area contributed by atoms with E-state index in [1.165, 1.54) is 22.3 Å². The van der Waals surface area contributed by atoms with Crippen LogP contribution in [0.15, 0.2) is 223 Å². The van der Waals surface area contributed by atoms with Crippen LogP contribution in [0.2, 0.25) is 0 Å². The van der Waals surface area contributed by atoms with Crippen LogP contribution in [0.25, 0.3) is 67.2 Å². The highest BCUT2D eigenvalue weighted by Gasteiger charge is 2.51. The third-order valence-corrected chi connectivity index (χ3v) is 12.8. The minimum atomic E-state index is -0.547. The van der Waals surface area contributed by atoms with Crippen LogP contribution in [0.5, 0.6) is 11.5 Å². The zero-order chi connectivity index (χ0) is 42.2. The number of nitrogens with zero attached hydrogens (tertiary/aromatic N) is 4. The Morgan fingerprint density at radius 2 is 0.938 bits per heavy atom. The lowest BCUT2D eigenvalue weighted by molar-refractivity contribution is 0.436. The van der Waals surface area contributed by atoms with Crippen molar-refractivity contribution in [3.05, 3.63) is 241 Å². The van der Waals surface area contributed by atoms with Crippen LogP contribution in [-0.2, 0) is 5.41 Å². The van der Waals surface area contributed by atoms with E-state index < -0.39 is 5.41 Å². The van der Waals surface area contributed by atoms with Crippen LogP contribution in [0.3, 0.4) is 0 Å². The lowest BCUT2D eigenvalue weighted by Gasteiger charge is -2.40. The summed E-state index contributed by atoms with van der Waals surface area (Å²) in [5, 5.41) is 1.98. The van der Waals surface area contributed by atoms with E-state index in [0.29, 0.717) is 17.5 Å². The summed E-state index contributed by atoms with van der Waals surface area (Å²) in [6.45, 7) is 0. The largest absolute Gasteiger partial charge is 0.457 e. The topological polar surface area (TPSA) is 64.3 Å². The van der Waals surface area contributed by atoms with Gasteiger partial charge in [-0.25, -0.2) is 15.0 Å². The molecule has 0 radical (unpaired) electrons. The first-order valence-electron chi connectivity index (χ1n) is 21.5. The Labute approximate surface area is 369 Å². The van der Waals surface area contributed by atoms with E-state index in [-0.39, 0.29) is 0 Å². The quantitative estimate of drug-likeness (QED) is 0.166. The summed E-state index contributed by atoms with van der Waals surface area (Å²) in [6.07, 6.45) is 0. The lowest BCUT2D eigenvalue weighted by atomic mass is 9.66. The van der Waals surface area contributed by atoms with Gasteiger partial charge in [0.25, 0.3) is 0 Å². The molecule has 0 saturated heterocycles. The Bertz CT molecular complexity index is 3500. The summed E-state index contributed by atoms with van der Waals surface area (Å²) in [4.78, 5) is 17.2. The number of benzene rings is 9. The molecule has 0 fully saturated rings. The first kappa shape index (κ1) is 36.1. The molecule has 0 atom stereocenters. The number of fused-ring (bicyclic) bond motifs is 12. The molecule has 1 aliphatic carbocycles. The average molecular weight is 821 g/mol. The number of furan rings is 1. The van der Waals surface area contributed by atoms with E-state index in [1.54, 1.807) is 0 Å². The maximum atomic E-state index is 6.97. The van der Waals surface area contributed by atoms with Crippen LogP contribution in [-0.4, -0.2) is 15.0 Å². The van der Waals surface area contributed by atoms with Gasteiger partial charge in [-0.3, -0.25) is 0 Å². The van der Waals surface area contributed by atoms with Gasteiger partial charge in [-0.05, 0) is 70.8 Å². The van der Waals surface area contributed by atoms with Crippen molar-refractivity contribution in [2.75, 3.05) is 4.90 Å². The van der Waals surface area contributed by atoms with Crippen LogP contribution >= 0.6 is 0 Å². The van der Waals surface area contributed by atoms with Crippen molar-refractivity contribution in [3.8, 4) is 56.8 Å². The van der Waals surface area contributed by atoms with Crippen molar-refractivity contribution in [2.45, 2.75) is 5.41 Å². The van der Waals surface area contributed by atoms with Crippen molar-refractivity contribution in [3.63, 3.8) is 0 Å². The van der Waals surface area contributed by atoms with Gasteiger partial charge in [0.1, 0.15) is 22.7 Å². The highest BCUT2D eigenvalue weighted by molar-refractivity contribution is 6.14. The number of anilines is 3. The summed E-state index contributed by atoms with van der Waals surface area (Å²) >= 11 is 0. The van der Waals surface area contributed by atoms with Crippen LogP contribution in [0, 0.1) is 0 Å². The highest BCUT2D eigenvalue weighted by atomic mass is 16.5. The normalized spacial score (nSPS) is 12.9. The zero-order valence-corrected chi connectivity index (χ0v) is 34.4. The Morgan fingerprint density at radius 3 is 1.61 bits per heavy atom. The fourth-order valence-electron chi connectivity index (χ4n) is 10.1. The number of hydrogen-bond donors (Lipinski definition) is 0. The lowest BCUT2D eigenvalue weighted by Crippen LogP contribution is -2.32. The minimum Gasteiger partial charge on any atom is -0.457 e. The molecule has 3 heterocycles.